The van der Waals surface area contributed by atoms with Crippen molar-refractivity contribution in [1.29, 1.82) is 0 Å². The van der Waals surface area contributed by atoms with Crippen molar-refractivity contribution in [3.63, 3.8) is 0 Å². The van der Waals surface area contributed by atoms with E-state index in [0.29, 0.717) is 19.1 Å². The summed E-state index contributed by atoms with van der Waals surface area (Å²) in [6, 6.07) is 1.98. The molecule has 0 unspecified atom stereocenters. The average Bonchev–Trinajstić information content (AvgIpc) is 2.37. The predicted octanol–water partition coefficient (Wildman–Crippen LogP) is 2.55. The highest BCUT2D eigenvalue weighted by molar-refractivity contribution is 5.32. The van der Waals surface area contributed by atoms with Gasteiger partial charge in [-0.1, -0.05) is 20.8 Å². The number of ether oxygens (including phenoxy) is 2. The molecule has 0 fully saturated rings. The van der Waals surface area contributed by atoms with Gasteiger partial charge in [0.05, 0.1) is 6.61 Å². The number of nitrogens with zero attached hydrogens (tertiary/aromatic N) is 1. The van der Waals surface area contributed by atoms with Crippen molar-refractivity contribution >= 4 is 0 Å². The highest BCUT2D eigenvalue weighted by Crippen LogP contribution is 2.18. The Morgan fingerprint density at radius 2 is 2.11 bits per heavy atom. The van der Waals surface area contributed by atoms with Gasteiger partial charge in [-0.25, -0.2) is 0 Å². The standard InChI is InChI=1S/C15H26N2O2/c1-5-16-9-14-10-17-13(4)8-15(14)19-7-6-18-11-12(2)3/h8,10,12,16H,5-7,9,11H2,1-4H3. The third-order valence-corrected chi connectivity index (χ3v) is 2.58. The van der Waals surface area contributed by atoms with Crippen LogP contribution < -0.4 is 10.1 Å². The summed E-state index contributed by atoms with van der Waals surface area (Å²) in [5.74, 6) is 1.47. The van der Waals surface area contributed by atoms with Gasteiger partial charge >= 0.3 is 0 Å². The van der Waals surface area contributed by atoms with Crippen LogP contribution in [0.3, 0.4) is 0 Å². The summed E-state index contributed by atoms with van der Waals surface area (Å²) < 4.78 is 11.3. The van der Waals surface area contributed by atoms with E-state index in [-0.39, 0.29) is 0 Å². The zero-order chi connectivity index (χ0) is 14.1. The third-order valence-electron chi connectivity index (χ3n) is 2.58. The van der Waals surface area contributed by atoms with Crippen molar-refractivity contribution in [3.05, 3.63) is 23.5 Å². The number of aryl methyl sites for hydroxylation is 1. The Bertz CT molecular complexity index is 367. The predicted molar refractivity (Wildman–Crippen MR) is 77.5 cm³/mol. The lowest BCUT2D eigenvalue weighted by Crippen LogP contribution is -2.15. The van der Waals surface area contributed by atoms with Crippen LogP contribution in [-0.4, -0.2) is 31.3 Å². The maximum absolute atomic E-state index is 5.79. The van der Waals surface area contributed by atoms with Crippen LogP contribution >= 0.6 is 0 Å². The zero-order valence-electron chi connectivity index (χ0n) is 12.5. The SMILES string of the molecule is CCNCc1cnc(C)cc1OCCOCC(C)C. The lowest BCUT2D eigenvalue weighted by Gasteiger charge is -2.13. The van der Waals surface area contributed by atoms with Crippen LogP contribution in [0.4, 0.5) is 0 Å². The summed E-state index contributed by atoms with van der Waals surface area (Å²) in [6.07, 6.45) is 1.88. The van der Waals surface area contributed by atoms with E-state index in [1.165, 1.54) is 0 Å². The van der Waals surface area contributed by atoms with Gasteiger partial charge < -0.3 is 14.8 Å². The van der Waals surface area contributed by atoms with Crippen LogP contribution in [0.15, 0.2) is 12.3 Å². The monoisotopic (exact) mass is 266 g/mol. The quantitative estimate of drug-likeness (QED) is 0.698. The summed E-state index contributed by atoms with van der Waals surface area (Å²) in [6.45, 7) is 12.0. The minimum atomic E-state index is 0.562. The molecule has 0 aliphatic heterocycles. The molecule has 4 nitrogen and oxygen atoms in total. The van der Waals surface area contributed by atoms with E-state index in [1.807, 2.05) is 19.2 Å². The van der Waals surface area contributed by atoms with Crippen molar-refractivity contribution in [2.45, 2.75) is 34.2 Å². The molecule has 0 aliphatic rings. The maximum Gasteiger partial charge on any atom is 0.127 e. The van der Waals surface area contributed by atoms with Gasteiger partial charge in [-0.05, 0) is 19.4 Å². The number of nitrogens with one attached hydrogen (secondary N) is 1. The lowest BCUT2D eigenvalue weighted by atomic mass is 10.2. The maximum atomic E-state index is 5.79. The highest BCUT2D eigenvalue weighted by Gasteiger charge is 2.05. The Kier molecular flexibility index (Phi) is 7.45. The second-order valence-corrected chi connectivity index (χ2v) is 5.03. The summed E-state index contributed by atoms with van der Waals surface area (Å²) in [4.78, 5) is 4.31. The Morgan fingerprint density at radius 1 is 1.32 bits per heavy atom. The fourth-order valence-corrected chi connectivity index (χ4v) is 1.62. The molecule has 0 spiro atoms. The fourth-order valence-electron chi connectivity index (χ4n) is 1.62. The van der Waals surface area contributed by atoms with Gasteiger partial charge in [-0.2, -0.15) is 0 Å². The Hall–Kier alpha value is -1.13. The van der Waals surface area contributed by atoms with Crippen molar-refractivity contribution in [3.8, 4) is 5.75 Å². The van der Waals surface area contributed by atoms with Gasteiger partial charge in [0, 0.05) is 36.7 Å². The zero-order valence-corrected chi connectivity index (χ0v) is 12.5. The molecule has 0 aliphatic carbocycles. The smallest absolute Gasteiger partial charge is 0.127 e. The van der Waals surface area contributed by atoms with E-state index in [9.17, 15) is 0 Å². The second kappa shape index (κ2) is 8.88. The second-order valence-electron chi connectivity index (χ2n) is 5.03. The molecule has 1 aromatic heterocycles. The van der Waals surface area contributed by atoms with Crippen LogP contribution in [0.1, 0.15) is 32.0 Å². The van der Waals surface area contributed by atoms with Gasteiger partial charge in [0.15, 0.2) is 0 Å². The van der Waals surface area contributed by atoms with E-state index < -0.39 is 0 Å². The normalized spacial score (nSPS) is 11.0. The Morgan fingerprint density at radius 3 is 2.79 bits per heavy atom. The molecule has 0 bridgehead atoms. The van der Waals surface area contributed by atoms with Crippen LogP contribution in [0.25, 0.3) is 0 Å². The highest BCUT2D eigenvalue weighted by atomic mass is 16.5. The molecular formula is C15H26N2O2. The number of hydrogen-bond acceptors (Lipinski definition) is 4. The van der Waals surface area contributed by atoms with Gasteiger partial charge in [-0.3, -0.25) is 4.98 Å². The van der Waals surface area contributed by atoms with Crippen molar-refractivity contribution in [2.75, 3.05) is 26.4 Å². The molecule has 0 saturated heterocycles. The third kappa shape index (κ3) is 6.55. The van der Waals surface area contributed by atoms with Crippen LogP contribution in [0.5, 0.6) is 5.75 Å². The van der Waals surface area contributed by atoms with E-state index in [2.05, 4.69) is 31.1 Å². The molecule has 0 atom stereocenters. The molecule has 1 N–H and O–H groups in total. The molecular weight excluding hydrogens is 240 g/mol. The first-order valence-electron chi connectivity index (χ1n) is 7.00. The average molecular weight is 266 g/mol. The number of rotatable bonds is 9. The fraction of sp³-hybridized carbons (Fsp3) is 0.667. The van der Waals surface area contributed by atoms with Crippen molar-refractivity contribution < 1.29 is 9.47 Å². The molecule has 108 valence electrons. The van der Waals surface area contributed by atoms with E-state index in [1.54, 1.807) is 0 Å². The Labute approximate surface area is 116 Å². The topological polar surface area (TPSA) is 43.4 Å². The molecule has 1 aromatic rings. The van der Waals surface area contributed by atoms with Crippen LogP contribution in [-0.2, 0) is 11.3 Å². The minimum absolute atomic E-state index is 0.562. The van der Waals surface area contributed by atoms with Crippen LogP contribution in [0.2, 0.25) is 0 Å². The molecule has 19 heavy (non-hydrogen) atoms. The van der Waals surface area contributed by atoms with Crippen LogP contribution in [0, 0.1) is 12.8 Å². The molecule has 0 saturated carbocycles. The minimum Gasteiger partial charge on any atom is -0.491 e. The summed E-state index contributed by atoms with van der Waals surface area (Å²) in [5.41, 5.74) is 2.06. The first-order valence-corrected chi connectivity index (χ1v) is 7.00. The van der Waals surface area contributed by atoms with Gasteiger partial charge in [0.25, 0.3) is 0 Å². The lowest BCUT2D eigenvalue weighted by molar-refractivity contribution is 0.0815. The van der Waals surface area contributed by atoms with E-state index in [0.717, 1.165) is 36.7 Å². The van der Waals surface area contributed by atoms with Crippen molar-refractivity contribution in [2.24, 2.45) is 5.92 Å². The van der Waals surface area contributed by atoms with E-state index in [4.69, 9.17) is 9.47 Å². The number of hydrogen-bond donors (Lipinski definition) is 1. The first kappa shape index (κ1) is 15.9. The number of aromatic nitrogens is 1. The largest absolute Gasteiger partial charge is 0.491 e. The molecule has 4 heteroatoms. The van der Waals surface area contributed by atoms with Gasteiger partial charge in [-0.15, -0.1) is 0 Å². The molecule has 1 rings (SSSR count). The van der Waals surface area contributed by atoms with E-state index >= 15 is 0 Å². The molecule has 0 aromatic carbocycles. The van der Waals surface area contributed by atoms with Gasteiger partial charge in [0.2, 0.25) is 0 Å². The molecule has 1 heterocycles. The van der Waals surface area contributed by atoms with Gasteiger partial charge in [0.1, 0.15) is 12.4 Å². The molecule has 0 radical (unpaired) electrons. The summed E-state index contributed by atoms with van der Waals surface area (Å²) in [5, 5.41) is 3.29. The summed E-state index contributed by atoms with van der Waals surface area (Å²) in [7, 11) is 0. The first-order chi connectivity index (χ1) is 9.13. The number of pyridine rings is 1. The van der Waals surface area contributed by atoms with Crippen molar-refractivity contribution in [1.82, 2.24) is 10.3 Å². The molecule has 0 amide bonds. The Balaban J connectivity index is 2.44. The summed E-state index contributed by atoms with van der Waals surface area (Å²) >= 11 is 0.